The van der Waals surface area contributed by atoms with Crippen molar-refractivity contribution in [3.8, 4) is 6.57 Å². The third kappa shape index (κ3) is 3.20. The fraction of sp³-hybridized carbons (Fsp3) is 0.429. The van der Waals surface area contributed by atoms with E-state index in [2.05, 4.69) is 38.7 Å². The summed E-state index contributed by atoms with van der Waals surface area (Å²) in [6.45, 7) is 15.6. The van der Waals surface area contributed by atoms with Crippen LogP contribution in [-0.2, 0) is 4.43 Å². The molecule has 1 aromatic rings. The van der Waals surface area contributed by atoms with Gasteiger partial charge < -0.3 is 4.43 Å². The van der Waals surface area contributed by atoms with Gasteiger partial charge in [-0.25, -0.2) is 4.79 Å². The van der Waals surface area contributed by atoms with Crippen LogP contribution in [0.25, 0.3) is 4.85 Å². The highest BCUT2D eigenvalue weighted by Crippen LogP contribution is 2.37. The molecule has 0 saturated heterocycles. The predicted octanol–water partition coefficient (Wildman–Crippen LogP) is 4.44. The Labute approximate surface area is 110 Å². The van der Waals surface area contributed by atoms with Crippen molar-refractivity contribution in [2.45, 2.75) is 38.9 Å². The zero-order valence-electron chi connectivity index (χ0n) is 11.7. The summed E-state index contributed by atoms with van der Waals surface area (Å²) in [5.74, 6) is -0.273. The van der Waals surface area contributed by atoms with Gasteiger partial charge in [-0.15, -0.1) is 0 Å². The molecule has 0 saturated carbocycles. The average molecular weight is 262 g/mol. The first-order valence-corrected chi connectivity index (χ1v) is 8.82. The standard InChI is InChI=1S/C14H20NO2Si/c1-14(2,3)18(5,6)17-13(16)11-7-9-12(15-4)10-8-11/h4,7-10H,1-3,5-6H3/q+1. The molecule has 0 N–H and O–H groups in total. The third-order valence-electron chi connectivity index (χ3n) is 3.41. The van der Waals surface area contributed by atoms with Gasteiger partial charge in [0, 0.05) is 12.1 Å². The molecule has 0 unspecified atom stereocenters. The Morgan fingerprint density at radius 1 is 1.22 bits per heavy atom. The molecular formula is C14H20NO2Si+. The summed E-state index contributed by atoms with van der Waals surface area (Å²) in [6.07, 6.45) is 0. The van der Waals surface area contributed by atoms with Crippen LogP contribution in [0.3, 0.4) is 0 Å². The molecule has 18 heavy (non-hydrogen) atoms. The Bertz CT molecular complexity index is 478. The van der Waals surface area contributed by atoms with Crippen LogP contribution < -0.4 is 0 Å². The van der Waals surface area contributed by atoms with Crippen LogP contribution in [0.5, 0.6) is 0 Å². The number of rotatable bonds is 2. The van der Waals surface area contributed by atoms with Crippen molar-refractivity contribution < 1.29 is 9.22 Å². The lowest BCUT2D eigenvalue weighted by molar-refractivity contribution is 0.0712. The van der Waals surface area contributed by atoms with Crippen molar-refractivity contribution in [2.75, 3.05) is 0 Å². The number of carbonyl (C=O) groups is 1. The van der Waals surface area contributed by atoms with Crippen LogP contribution in [0.2, 0.25) is 18.1 Å². The summed E-state index contributed by atoms with van der Waals surface area (Å²) >= 11 is 0. The topological polar surface area (TPSA) is 30.7 Å². The molecule has 0 aliphatic rings. The molecule has 0 fully saturated rings. The van der Waals surface area contributed by atoms with Gasteiger partial charge in [0.1, 0.15) is 0 Å². The summed E-state index contributed by atoms with van der Waals surface area (Å²) in [4.78, 5) is 15.6. The molecule has 0 bridgehead atoms. The highest BCUT2D eigenvalue weighted by Gasteiger charge is 2.40. The van der Waals surface area contributed by atoms with E-state index in [4.69, 9.17) is 11.0 Å². The Hall–Kier alpha value is -1.60. The maximum Gasteiger partial charge on any atom is 0.339 e. The van der Waals surface area contributed by atoms with Gasteiger partial charge in [0.15, 0.2) is 0 Å². The van der Waals surface area contributed by atoms with E-state index in [9.17, 15) is 4.79 Å². The number of benzene rings is 1. The normalized spacial score (nSPS) is 11.8. The highest BCUT2D eigenvalue weighted by atomic mass is 28.4. The first kappa shape index (κ1) is 14.5. The fourth-order valence-electron chi connectivity index (χ4n) is 1.13. The molecule has 0 atom stereocenters. The van der Waals surface area contributed by atoms with Crippen LogP contribution in [0.1, 0.15) is 31.1 Å². The van der Waals surface area contributed by atoms with Gasteiger partial charge in [-0.3, -0.25) is 0 Å². The minimum Gasteiger partial charge on any atom is -0.516 e. The minimum atomic E-state index is -2.07. The molecule has 96 valence electrons. The molecule has 3 nitrogen and oxygen atoms in total. The molecular weight excluding hydrogens is 242 g/mol. The number of hydrogen-bond acceptors (Lipinski definition) is 2. The SMILES string of the molecule is C#[N+]c1ccc(C(=O)O[Si](C)(C)C(C)(C)C)cc1. The zero-order chi connectivity index (χ0) is 14.0. The summed E-state index contributed by atoms with van der Waals surface area (Å²) in [5, 5.41) is 0.00912. The minimum absolute atomic E-state index is 0.00912. The van der Waals surface area contributed by atoms with E-state index in [1.807, 2.05) is 0 Å². The van der Waals surface area contributed by atoms with E-state index < -0.39 is 8.32 Å². The Morgan fingerprint density at radius 2 is 1.72 bits per heavy atom. The lowest BCUT2D eigenvalue weighted by Crippen LogP contribution is -2.42. The first-order valence-electron chi connectivity index (χ1n) is 5.92. The molecule has 0 heterocycles. The summed E-state index contributed by atoms with van der Waals surface area (Å²) < 4.78 is 5.70. The second kappa shape index (κ2) is 4.95. The zero-order valence-corrected chi connectivity index (χ0v) is 12.7. The molecule has 1 rings (SSSR count). The van der Waals surface area contributed by atoms with Crippen LogP contribution in [0.4, 0.5) is 5.69 Å². The Balaban J connectivity index is 2.86. The fourth-order valence-corrected chi connectivity index (χ4v) is 2.01. The lowest BCUT2D eigenvalue weighted by Gasteiger charge is -2.35. The number of nitrogens with zero attached hydrogens (tertiary/aromatic N) is 1. The molecule has 0 amide bonds. The predicted molar refractivity (Wildman–Crippen MR) is 77.0 cm³/mol. The van der Waals surface area contributed by atoms with E-state index in [1.165, 1.54) is 0 Å². The van der Waals surface area contributed by atoms with Gasteiger partial charge in [-0.05, 0) is 35.1 Å². The monoisotopic (exact) mass is 262 g/mol. The lowest BCUT2D eigenvalue weighted by atomic mass is 10.2. The van der Waals surface area contributed by atoms with Crippen molar-refractivity contribution in [3.05, 3.63) is 34.7 Å². The van der Waals surface area contributed by atoms with Gasteiger partial charge >= 0.3 is 11.7 Å². The van der Waals surface area contributed by atoms with Gasteiger partial charge in [0.25, 0.3) is 14.9 Å². The molecule has 0 aliphatic carbocycles. The summed E-state index contributed by atoms with van der Waals surface area (Å²) in [6, 6.07) is 6.76. The van der Waals surface area contributed by atoms with E-state index >= 15 is 0 Å². The molecule has 1 aromatic carbocycles. The van der Waals surface area contributed by atoms with Gasteiger partial charge in [0.2, 0.25) is 0 Å². The second-order valence-electron chi connectivity index (χ2n) is 5.83. The maximum absolute atomic E-state index is 12.1. The molecule has 0 spiro atoms. The largest absolute Gasteiger partial charge is 0.516 e. The number of hydrogen-bond donors (Lipinski definition) is 0. The van der Waals surface area contributed by atoms with Crippen molar-refractivity contribution in [3.63, 3.8) is 0 Å². The maximum atomic E-state index is 12.1. The first-order chi connectivity index (χ1) is 8.17. The quantitative estimate of drug-likeness (QED) is 0.737. The van der Waals surface area contributed by atoms with E-state index in [-0.39, 0.29) is 11.0 Å². The van der Waals surface area contributed by atoms with Crippen molar-refractivity contribution in [1.29, 1.82) is 0 Å². The molecule has 0 aromatic heterocycles. The third-order valence-corrected chi connectivity index (χ3v) is 7.71. The van der Waals surface area contributed by atoms with E-state index in [0.29, 0.717) is 11.3 Å². The van der Waals surface area contributed by atoms with E-state index in [0.717, 1.165) is 0 Å². The van der Waals surface area contributed by atoms with Crippen molar-refractivity contribution in [1.82, 2.24) is 0 Å². The van der Waals surface area contributed by atoms with Gasteiger partial charge in [0.05, 0.1) is 5.56 Å². The van der Waals surface area contributed by atoms with Crippen LogP contribution in [0.15, 0.2) is 24.3 Å². The molecule has 4 heteroatoms. The van der Waals surface area contributed by atoms with E-state index in [1.54, 1.807) is 24.3 Å². The van der Waals surface area contributed by atoms with Gasteiger partial charge in [-0.1, -0.05) is 20.8 Å². The molecule has 0 aliphatic heterocycles. The van der Waals surface area contributed by atoms with Crippen molar-refractivity contribution >= 4 is 20.0 Å². The summed E-state index contributed by atoms with van der Waals surface area (Å²) in [5.41, 5.74) is 1.17. The van der Waals surface area contributed by atoms with Crippen LogP contribution >= 0.6 is 0 Å². The highest BCUT2D eigenvalue weighted by molar-refractivity contribution is 6.75. The summed E-state index contributed by atoms with van der Waals surface area (Å²) in [7, 11) is -2.07. The Morgan fingerprint density at radius 3 is 2.11 bits per heavy atom. The van der Waals surface area contributed by atoms with Crippen LogP contribution in [-0.4, -0.2) is 14.3 Å². The molecule has 0 radical (unpaired) electrons. The second-order valence-corrected chi connectivity index (χ2v) is 10.6. The number of carbonyl (C=O) groups excluding carboxylic acids is 1. The smallest absolute Gasteiger partial charge is 0.339 e. The Kier molecular flexibility index (Phi) is 3.97. The average Bonchev–Trinajstić information content (AvgIpc) is 2.27. The van der Waals surface area contributed by atoms with Crippen LogP contribution in [0, 0.1) is 6.57 Å². The van der Waals surface area contributed by atoms with Crippen molar-refractivity contribution in [2.24, 2.45) is 0 Å². The van der Waals surface area contributed by atoms with Gasteiger partial charge in [-0.2, -0.15) is 0 Å².